The second kappa shape index (κ2) is 5.25. The lowest BCUT2D eigenvalue weighted by Crippen LogP contribution is -2.27. The van der Waals surface area contributed by atoms with Crippen molar-refractivity contribution in [2.45, 2.75) is 33.6 Å². The Kier molecular flexibility index (Phi) is 4.24. The molecule has 0 aliphatic carbocycles. The second-order valence-corrected chi connectivity index (χ2v) is 5.16. The van der Waals surface area contributed by atoms with E-state index < -0.39 is 0 Å². The zero-order valence-electron chi connectivity index (χ0n) is 10.5. The van der Waals surface area contributed by atoms with Gasteiger partial charge in [-0.25, -0.2) is 9.97 Å². The minimum absolute atomic E-state index is 0.136. The zero-order chi connectivity index (χ0) is 12.2. The molecular formula is C12H21N3O. The van der Waals surface area contributed by atoms with Crippen LogP contribution in [-0.4, -0.2) is 28.2 Å². The standard InChI is InChI=1S/C12H21N3O/c1-9(2)10-5-11(15-8-14-10)13-6-12(3,4)7-16/h5,8-9,16H,6-7H2,1-4H3,(H,13,14,15). The molecule has 0 atom stereocenters. The van der Waals surface area contributed by atoms with Crippen LogP contribution in [0.3, 0.4) is 0 Å². The maximum Gasteiger partial charge on any atom is 0.129 e. The molecule has 0 unspecified atom stereocenters. The summed E-state index contributed by atoms with van der Waals surface area (Å²) in [5.41, 5.74) is 0.891. The molecule has 0 aliphatic heterocycles. The number of hydrogen-bond donors (Lipinski definition) is 2. The Morgan fingerprint density at radius 1 is 1.38 bits per heavy atom. The topological polar surface area (TPSA) is 58.0 Å². The van der Waals surface area contributed by atoms with Gasteiger partial charge in [0.1, 0.15) is 12.1 Å². The van der Waals surface area contributed by atoms with E-state index >= 15 is 0 Å². The van der Waals surface area contributed by atoms with Gasteiger partial charge in [0, 0.05) is 30.3 Å². The predicted molar refractivity (Wildman–Crippen MR) is 65.5 cm³/mol. The molecule has 0 aromatic carbocycles. The van der Waals surface area contributed by atoms with E-state index in [1.807, 2.05) is 19.9 Å². The van der Waals surface area contributed by atoms with Crippen LogP contribution in [0.2, 0.25) is 0 Å². The average molecular weight is 223 g/mol. The highest BCUT2D eigenvalue weighted by atomic mass is 16.3. The van der Waals surface area contributed by atoms with E-state index in [4.69, 9.17) is 5.11 Å². The summed E-state index contributed by atoms with van der Waals surface area (Å²) in [6.07, 6.45) is 1.57. The molecule has 1 rings (SSSR count). The molecule has 16 heavy (non-hydrogen) atoms. The van der Waals surface area contributed by atoms with Crippen LogP contribution in [0.5, 0.6) is 0 Å². The molecule has 0 saturated heterocycles. The van der Waals surface area contributed by atoms with Crippen LogP contribution in [0.15, 0.2) is 12.4 Å². The predicted octanol–water partition coefficient (Wildman–Crippen LogP) is 2.03. The lowest BCUT2D eigenvalue weighted by Gasteiger charge is -2.22. The zero-order valence-corrected chi connectivity index (χ0v) is 10.5. The molecule has 0 radical (unpaired) electrons. The second-order valence-electron chi connectivity index (χ2n) is 5.16. The van der Waals surface area contributed by atoms with Crippen molar-refractivity contribution in [1.82, 2.24) is 9.97 Å². The Balaban J connectivity index is 2.64. The fraction of sp³-hybridized carbons (Fsp3) is 0.667. The molecule has 0 aliphatic rings. The summed E-state index contributed by atoms with van der Waals surface area (Å²) in [5, 5.41) is 12.4. The van der Waals surface area contributed by atoms with Gasteiger partial charge in [-0.1, -0.05) is 27.7 Å². The molecule has 90 valence electrons. The van der Waals surface area contributed by atoms with E-state index in [1.54, 1.807) is 6.33 Å². The summed E-state index contributed by atoms with van der Waals surface area (Å²) >= 11 is 0. The maximum absolute atomic E-state index is 9.14. The summed E-state index contributed by atoms with van der Waals surface area (Å²) in [7, 11) is 0. The van der Waals surface area contributed by atoms with Crippen LogP contribution >= 0.6 is 0 Å². The lowest BCUT2D eigenvalue weighted by atomic mass is 9.95. The van der Waals surface area contributed by atoms with Crippen molar-refractivity contribution >= 4 is 5.82 Å². The average Bonchev–Trinajstić information content (AvgIpc) is 2.27. The number of aliphatic hydroxyl groups is 1. The first-order valence-electron chi connectivity index (χ1n) is 5.61. The third-order valence-corrected chi connectivity index (χ3v) is 2.46. The minimum Gasteiger partial charge on any atom is -0.396 e. The molecule has 4 heteroatoms. The first kappa shape index (κ1) is 12.9. The van der Waals surface area contributed by atoms with Gasteiger partial charge in [0.15, 0.2) is 0 Å². The van der Waals surface area contributed by atoms with Gasteiger partial charge in [-0.05, 0) is 5.92 Å². The molecule has 0 fully saturated rings. The summed E-state index contributed by atoms with van der Waals surface area (Å²) in [6, 6.07) is 1.96. The first-order chi connectivity index (χ1) is 7.44. The van der Waals surface area contributed by atoms with E-state index in [2.05, 4.69) is 29.1 Å². The Bertz CT molecular complexity index is 337. The van der Waals surface area contributed by atoms with Gasteiger partial charge in [0.25, 0.3) is 0 Å². The van der Waals surface area contributed by atoms with E-state index in [1.165, 1.54) is 0 Å². The number of nitrogens with zero attached hydrogens (tertiary/aromatic N) is 2. The van der Waals surface area contributed by atoms with Gasteiger partial charge in [0.2, 0.25) is 0 Å². The summed E-state index contributed by atoms with van der Waals surface area (Å²) in [4.78, 5) is 8.36. The number of hydrogen-bond acceptors (Lipinski definition) is 4. The third-order valence-electron chi connectivity index (χ3n) is 2.46. The molecule has 0 bridgehead atoms. The van der Waals surface area contributed by atoms with Crippen molar-refractivity contribution in [3.05, 3.63) is 18.1 Å². The monoisotopic (exact) mass is 223 g/mol. The Morgan fingerprint density at radius 3 is 2.62 bits per heavy atom. The summed E-state index contributed by atoms with van der Waals surface area (Å²) in [5.74, 6) is 1.22. The van der Waals surface area contributed by atoms with Crippen molar-refractivity contribution < 1.29 is 5.11 Å². The van der Waals surface area contributed by atoms with Crippen molar-refractivity contribution in [2.24, 2.45) is 5.41 Å². The highest BCUT2D eigenvalue weighted by Gasteiger charge is 2.16. The van der Waals surface area contributed by atoms with Crippen molar-refractivity contribution in [2.75, 3.05) is 18.5 Å². The Morgan fingerprint density at radius 2 is 2.06 bits per heavy atom. The van der Waals surface area contributed by atoms with Gasteiger partial charge in [-0.3, -0.25) is 0 Å². The van der Waals surface area contributed by atoms with Crippen LogP contribution in [0.4, 0.5) is 5.82 Å². The highest BCUT2D eigenvalue weighted by Crippen LogP contribution is 2.17. The van der Waals surface area contributed by atoms with Crippen molar-refractivity contribution in [3.63, 3.8) is 0 Å². The minimum atomic E-state index is -0.136. The van der Waals surface area contributed by atoms with Gasteiger partial charge >= 0.3 is 0 Å². The van der Waals surface area contributed by atoms with Crippen molar-refractivity contribution in [3.8, 4) is 0 Å². The largest absolute Gasteiger partial charge is 0.396 e. The number of aromatic nitrogens is 2. The Hall–Kier alpha value is -1.16. The molecule has 0 saturated carbocycles. The van der Waals surface area contributed by atoms with E-state index in [9.17, 15) is 0 Å². The molecule has 0 spiro atoms. The maximum atomic E-state index is 9.14. The summed E-state index contributed by atoms with van der Waals surface area (Å²) in [6.45, 7) is 9.06. The molecule has 0 amide bonds. The van der Waals surface area contributed by atoms with Crippen LogP contribution in [0.1, 0.15) is 39.3 Å². The van der Waals surface area contributed by atoms with E-state index in [-0.39, 0.29) is 12.0 Å². The molecule has 1 aromatic rings. The quantitative estimate of drug-likeness (QED) is 0.802. The molecule has 4 nitrogen and oxygen atoms in total. The normalized spacial score (nSPS) is 11.9. The fourth-order valence-corrected chi connectivity index (χ4v) is 1.17. The van der Waals surface area contributed by atoms with Crippen LogP contribution in [0, 0.1) is 5.41 Å². The highest BCUT2D eigenvalue weighted by molar-refractivity contribution is 5.35. The molecular weight excluding hydrogens is 202 g/mol. The van der Waals surface area contributed by atoms with Crippen molar-refractivity contribution in [1.29, 1.82) is 0 Å². The number of aliphatic hydroxyl groups excluding tert-OH is 1. The first-order valence-corrected chi connectivity index (χ1v) is 5.61. The third kappa shape index (κ3) is 3.77. The number of nitrogens with one attached hydrogen (secondary N) is 1. The van der Waals surface area contributed by atoms with Gasteiger partial charge in [0.05, 0.1) is 0 Å². The van der Waals surface area contributed by atoms with Crippen LogP contribution in [0.25, 0.3) is 0 Å². The van der Waals surface area contributed by atoms with Gasteiger partial charge < -0.3 is 10.4 Å². The van der Waals surface area contributed by atoms with Gasteiger partial charge in [-0.2, -0.15) is 0 Å². The van der Waals surface area contributed by atoms with Gasteiger partial charge in [-0.15, -0.1) is 0 Å². The summed E-state index contributed by atoms with van der Waals surface area (Å²) < 4.78 is 0. The van der Waals surface area contributed by atoms with Crippen LogP contribution < -0.4 is 5.32 Å². The van der Waals surface area contributed by atoms with E-state index in [0.717, 1.165) is 11.5 Å². The molecule has 2 N–H and O–H groups in total. The lowest BCUT2D eigenvalue weighted by molar-refractivity contribution is 0.170. The number of anilines is 1. The van der Waals surface area contributed by atoms with Crippen LogP contribution in [-0.2, 0) is 0 Å². The fourth-order valence-electron chi connectivity index (χ4n) is 1.17. The number of rotatable bonds is 5. The smallest absolute Gasteiger partial charge is 0.129 e. The SMILES string of the molecule is CC(C)c1cc(NCC(C)(C)CO)ncn1. The molecule has 1 aromatic heterocycles. The molecule has 1 heterocycles. The van der Waals surface area contributed by atoms with E-state index in [0.29, 0.717) is 12.5 Å². The Labute approximate surface area is 97.1 Å².